The van der Waals surface area contributed by atoms with Crippen LogP contribution in [0.15, 0.2) is 29.4 Å². The molecular formula is C18H25N5O2S. The zero-order valence-corrected chi connectivity index (χ0v) is 16.5. The maximum Gasteiger partial charge on any atom is 0.239 e. The fourth-order valence-electron chi connectivity index (χ4n) is 2.36. The number of thioether (sulfide) groups is 1. The van der Waals surface area contributed by atoms with Crippen LogP contribution < -0.4 is 5.32 Å². The molecule has 0 aliphatic rings. The summed E-state index contributed by atoms with van der Waals surface area (Å²) in [4.78, 5) is 25.4. The Morgan fingerprint density at radius 1 is 1.27 bits per heavy atom. The third-order valence-electron chi connectivity index (χ3n) is 3.92. The molecule has 0 aliphatic carbocycles. The number of hydrogen-bond donors (Lipinski definition) is 1. The molecule has 0 saturated carbocycles. The summed E-state index contributed by atoms with van der Waals surface area (Å²) in [6.07, 6.45) is 0.870. The molecule has 0 aliphatic heterocycles. The molecule has 7 nitrogen and oxygen atoms in total. The van der Waals surface area contributed by atoms with Gasteiger partial charge in [0.25, 0.3) is 0 Å². The fraction of sp³-hybridized carbons (Fsp3) is 0.444. The van der Waals surface area contributed by atoms with Crippen molar-refractivity contribution in [1.82, 2.24) is 25.0 Å². The molecule has 0 unspecified atom stereocenters. The predicted molar refractivity (Wildman–Crippen MR) is 103 cm³/mol. The van der Waals surface area contributed by atoms with Crippen molar-refractivity contribution in [2.75, 3.05) is 25.9 Å². The van der Waals surface area contributed by atoms with E-state index in [-0.39, 0.29) is 24.1 Å². The second-order valence-electron chi connectivity index (χ2n) is 6.07. The van der Waals surface area contributed by atoms with E-state index in [1.807, 2.05) is 49.7 Å². The highest BCUT2D eigenvalue weighted by molar-refractivity contribution is 7.99. The lowest BCUT2D eigenvalue weighted by atomic mass is 10.1. The van der Waals surface area contributed by atoms with Crippen molar-refractivity contribution < 1.29 is 9.59 Å². The molecule has 26 heavy (non-hydrogen) atoms. The average molecular weight is 375 g/mol. The molecule has 1 heterocycles. The highest BCUT2D eigenvalue weighted by atomic mass is 32.2. The second-order valence-corrected chi connectivity index (χ2v) is 7.01. The lowest BCUT2D eigenvalue weighted by Crippen LogP contribution is -2.39. The minimum absolute atomic E-state index is 0.0622. The van der Waals surface area contributed by atoms with E-state index in [2.05, 4.69) is 15.5 Å². The van der Waals surface area contributed by atoms with Crippen molar-refractivity contribution in [3.63, 3.8) is 0 Å². The highest BCUT2D eigenvalue weighted by Gasteiger charge is 2.17. The van der Waals surface area contributed by atoms with Gasteiger partial charge >= 0.3 is 0 Å². The van der Waals surface area contributed by atoms with Crippen molar-refractivity contribution >= 4 is 23.6 Å². The van der Waals surface area contributed by atoms with Gasteiger partial charge in [-0.25, -0.2) is 0 Å². The zero-order valence-electron chi connectivity index (χ0n) is 15.7. The largest absolute Gasteiger partial charge is 0.355 e. The van der Waals surface area contributed by atoms with Gasteiger partial charge in [0.1, 0.15) is 0 Å². The number of nitrogens with zero attached hydrogens (tertiary/aromatic N) is 4. The summed E-state index contributed by atoms with van der Waals surface area (Å²) in [6, 6.07) is 7.97. The molecule has 8 heteroatoms. The summed E-state index contributed by atoms with van der Waals surface area (Å²) >= 11 is 1.32. The average Bonchev–Trinajstić information content (AvgIpc) is 2.98. The Balaban J connectivity index is 1.95. The van der Waals surface area contributed by atoms with Crippen molar-refractivity contribution in [2.24, 2.45) is 7.05 Å². The summed E-state index contributed by atoms with van der Waals surface area (Å²) in [7, 11) is 3.51. The summed E-state index contributed by atoms with van der Waals surface area (Å²) < 4.78 is 1.88. The number of aryl methyl sites for hydroxylation is 1. The molecule has 0 radical (unpaired) electrons. The first-order chi connectivity index (χ1) is 12.4. The standard InChI is InChI=1S/C18H25N5O2S/c1-5-10-19-15(24)11-22(3)16(25)12-26-18-21-20-17(23(18)4)14-9-7-6-8-13(14)2/h6-9H,5,10-12H2,1-4H3,(H,19,24). The minimum atomic E-state index is -0.145. The van der Waals surface area contributed by atoms with Crippen LogP contribution in [0.5, 0.6) is 0 Å². The number of carbonyl (C=O) groups excluding carboxylic acids is 2. The van der Waals surface area contributed by atoms with Crippen LogP contribution >= 0.6 is 11.8 Å². The molecule has 1 N–H and O–H groups in total. The Labute approximate surface area is 158 Å². The van der Waals surface area contributed by atoms with Gasteiger partial charge in [0.15, 0.2) is 11.0 Å². The summed E-state index contributed by atoms with van der Waals surface area (Å²) in [5, 5.41) is 11.9. The van der Waals surface area contributed by atoms with E-state index in [0.717, 1.165) is 23.4 Å². The van der Waals surface area contributed by atoms with Gasteiger partial charge < -0.3 is 14.8 Å². The third-order valence-corrected chi connectivity index (χ3v) is 4.93. The number of aromatic nitrogens is 3. The van der Waals surface area contributed by atoms with Crippen LogP contribution in [0.3, 0.4) is 0 Å². The minimum Gasteiger partial charge on any atom is -0.355 e. The topological polar surface area (TPSA) is 80.1 Å². The van der Waals surface area contributed by atoms with Crippen LogP contribution in [0.2, 0.25) is 0 Å². The van der Waals surface area contributed by atoms with Crippen LogP contribution in [-0.4, -0.2) is 57.4 Å². The molecule has 1 aromatic heterocycles. The van der Waals surface area contributed by atoms with Gasteiger partial charge in [-0.1, -0.05) is 43.0 Å². The monoisotopic (exact) mass is 375 g/mol. The smallest absolute Gasteiger partial charge is 0.239 e. The van der Waals surface area contributed by atoms with Gasteiger partial charge in [0.05, 0.1) is 12.3 Å². The maximum absolute atomic E-state index is 12.2. The molecule has 2 rings (SSSR count). The van der Waals surface area contributed by atoms with Crippen molar-refractivity contribution in [2.45, 2.75) is 25.4 Å². The molecular weight excluding hydrogens is 350 g/mol. The van der Waals surface area contributed by atoms with Crippen LogP contribution in [-0.2, 0) is 16.6 Å². The zero-order chi connectivity index (χ0) is 19.1. The highest BCUT2D eigenvalue weighted by Crippen LogP contribution is 2.25. The second kappa shape index (κ2) is 9.38. The molecule has 0 bridgehead atoms. The number of amides is 2. The molecule has 0 atom stereocenters. The fourth-order valence-corrected chi connectivity index (χ4v) is 3.21. The third kappa shape index (κ3) is 5.08. The van der Waals surface area contributed by atoms with Crippen LogP contribution in [0.25, 0.3) is 11.4 Å². The Kier molecular flexibility index (Phi) is 7.20. The van der Waals surface area contributed by atoms with Gasteiger partial charge in [-0.3, -0.25) is 9.59 Å². The Morgan fingerprint density at radius 3 is 2.69 bits per heavy atom. The van der Waals surface area contributed by atoms with Gasteiger partial charge in [0.2, 0.25) is 11.8 Å². The lowest BCUT2D eigenvalue weighted by Gasteiger charge is -2.16. The number of nitrogens with one attached hydrogen (secondary N) is 1. The van der Waals surface area contributed by atoms with Crippen molar-refractivity contribution in [3.05, 3.63) is 29.8 Å². The van der Waals surface area contributed by atoms with E-state index in [1.165, 1.54) is 16.7 Å². The van der Waals surface area contributed by atoms with Crippen LogP contribution in [0.4, 0.5) is 0 Å². The first kappa shape index (κ1) is 20.0. The molecule has 140 valence electrons. The maximum atomic E-state index is 12.2. The predicted octanol–water partition coefficient (Wildman–Crippen LogP) is 1.87. The van der Waals surface area contributed by atoms with Gasteiger partial charge in [-0.05, 0) is 18.9 Å². The molecule has 2 aromatic rings. The first-order valence-electron chi connectivity index (χ1n) is 8.52. The van der Waals surface area contributed by atoms with E-state index >= 15 is 0 Å². The van der Waals surface area contributed by atoms with E-state index in [0.29, 0.717) is 11.7 Å². The molecule has 2 amide bonds. The molecule has 1 aromatic carbocycles. The SMILES string of the molecule is CCCNC(=O)CN(C)C(=O)CSc1nnc(-c2ccccc2C)n1C. The molecule has 0 spiro atoms. The summed E-state index contributed by atoms with van der Waals surface area (Å²) in [6.45, 7) is 4.69. The Hall–Kier alpha value is -2.35. The van der Waals surface area contributed by atoms with Gasteiger partial charge in [-0.15, -0.1) is 10.2 Å². The van der Waals surface area contributed by atoms with Gasteiger partial charge in [0, 0.05) is 26.2 Å². The lowest BCUT2D eigenvalue weighted by molar-refractivity contribution is -0.132. The number of hydrogen-bond acceptors (Lipinski definition) is 5. The van der Waals surface area contributed by atoms with E-state index < -0.39 is 0 Å². The van der Waals surface area contributed by atoms with Crippen LogP contribution in [0.1, 0.15) is 18.9 Å². The quantitative estimate of drug-likeness (QED) is 0.713. The number of carbonyl (C=O) groups is 2. The summed E-state index contributed by atoms with van der Waals surface area (Å²) in [5.41, 5.74) is 2.14. The van der Waals surface area contributed by atoms with Crippen molar-refractivity contribution in [1.29, 1.82) is 0 Å². The van der Waals surface area contributed by atoms with Crippen LogP contribution in [0, 0.1) is 6.92 Å². The summed E-state index contributed by atoms with van der Waals surface area (Å²) in [5.74, 6) is 0.706. The normalized spacial score (nSPS) is 10.6. The number of benzene rings is 1. The number of rotatable bonds is 8. The molecule has 0 saturated heterocycles. The van der Waals surface area contributed by atoms with E-state index in [1.54, 1.807) is 7.05 Å². The first-order valence-corrected chi connectivity index (χ1v) is 9.51. The molecule has 0 fully saturated rings. The Morgan fingerprint density at radius 2 is 2.00 bits per heavy atom. The van der Waals surface area contributed by atoms with Gasteiger partial charge in [-0.2, -0.15) is 0 Å². The van der Waals surface area contributed by atoms with E-state index in [9.17, 15) is 9.59 Å². The van der Waals surface area contributed by atoms with Crippen molar-refractivity contribution in [3.8, 4) is 11.4 Å². The Bertz CT molecular complexity index is 775. The van der Waals surface area contributed by atoms with E-state index in [4.69, 9.17) is 0 Å². The number of likely N-dealkylation sites (N-methyl/N-ethyl adjacent to an activating group) is 1.